The van der Waals surface area contributed by atoms with Crippen LogP contribution in [0.3, 0.4) is 0 Å². The monoisotopic (exact) mass is 550 g/mol. The SMILES string of the molecule is CCOc1ccc(COc2ccc(NC(=O)c3cc(-c4cnn(CC)c4C)nc4ccccc34)cc2)cc1OCC. The zero-order valence-corrected chi connectivity index (χ0v) is 23.8. The van der Waals surface area contributed by atoms with Gasteiger partial charge in [0.1, 0.15) is 12.4 Å². The van der Waals surface area contributed by atoms with E-state index in [1.54, 1.807) is 6.20 Å². The number of fused-ring (bicyclic) bond motifs is 1. The van der Waals surface area contributed by atoms with Crippen LogP contribution >= 0.6 is 0 Å². The van der Waals surface area contributed by atoms with Crippen molar-refractivity contribution in [3.63, 3.8) is 0 Å². The molecule has 0 bridgehead atoms. The number of nitrogens with one attached hydrogen (secondary N) is 1. The van der Waals surface area contributed by atoms with E-state index in [1.165, 1.54) is 0 Å². The molecule has 0 atom stereocenters. The molecule has 8 nitrogen and oxygen atoms in total. The molecule has 0 fully saturated rings. The molecule has 2 heterocycles. The van der Waals surface area contributed by atoms with Crippen molar-refractivity contribution in [1.29, 1.82) is 0 Å². The fourth-order valence-corrected chi connectivity index (χ4v) is 4.70. The first-order valence-corrected chi connectivity index (χ1v) is 13.9. The third-order valence-corrected chi connectivity index (χ3v) is 6.76. The normalized spacial score (nSPS) is 10.9. The molecule has 3 aromatic carbocycles. The maximum atomic E-state index is 13.5. The largest absolute Gasteiger partial charge is 0.490 e. The zero-order chi connectivity index (χ0) is 28.8. The van der Waals surface area contributed by atoms with Crippen molar-refractivity contribution in [2.75, 3.05) is 18.5 Å². The molecule has 0 aliphatic rings. The highest BCUT2D eigenvalue weighted by Crippen LogP contribution is 2.30. The summed E-state index contributed by atoms with van der Waals surface area (Å²) in [5, 5.41) is 8.27. The number of rotatable bonds is 11. The fraction of sp³-hybridized carbons (Fsp3) is 0.242. The van der Waals surface area contributed by atoms with Crippen molar-refractivity contribution >= 4 is 22.5 Å². The van der Waals surface area contributed by atoms with Gasteiger partial charge in [0.25, 0.3) is 5.91 Å². The number of pyridine rings is 1. The van der Waals surface area contributed by atoms with Gasteiger partial charge >= 0.3 is 0 Å². The topological polar surface area (TPSA) is 87.5 Å². The number of benzene rings is 3. The number of amides is 1. The number of hydrogen-bond donors (Lipinski definition) is 1. The Morgan fingerprint density at radius 1 is 0.878 bits per heavy atom. The van der Waals surface area contributed by atoms with Gasteiger partial charge in [-0.25, -0.2) is 4.98 Å². The van der Waals surface area contributed by atoms with E-state index in [2.05, 4.69) is 10.4 Å². The van der Waals surface area contributed by atoms with Crippen LogP contribution < -0.4 is 19.5 Å². The molecule has 1 amide bonds. The maximum Gasteiger partial charge on any atom is 0.256 e. The van der Waals surface area contributed by atoms with Crippen LogP contribution in [0.15, 0.2) is 79.0 Å². The van der Waals surface area contributed by atoms with Gasteiger partial charge in [0, 0.05) is 28.9 Å². The molecule has 0 saturated carbocycles. The van der Waals surface area contributed by atoms with Crippen LogP contribution in [-0.4, -0.2) is 33.9 Å². The third kappa shape index (κ3) is 6.17. The van der Waals surface area contributed by atoms with Crippen molar-refractivity contribution in [1.82, 2.24) is 14.8 Å². The maximum absolute atomic E-state index is 13.5. The first kappa shape index (κ1) is 27.7. The highest BCUT2D eigenvalue weighted by Gasteiger charge is 2.17. The summed E-state index contributed by atoms with van der Waals surface area (Å²) in [5.41, 5.74) is 5.58. The molecule has 0 radical (unpaired) electrons. The minimum atomic E-state index is -0.211. The summed E-state index contributed by atoms with van der Waals surface area (Å²) in [6, 6.07) is 22.6. The van der Waals surface area contributed by atoms with E-state index < -0.39 is 0 Å². The van der Waals surface area contributed by atoms with Gasteiger partial charge in [0.15, 0.2) is 11.5 Å². The molecule has 5 rings (SSSR count). The first-order valence-electron chi connectivity index (χ1n) is 13.9. The van der Waals surface area contributed by atoms with Crippen LogP contribution in [0.1, 0.15) is 42.4 Å². The van der Waals surface area contributed by atoms with Crippen LogP contribution in [0.25, 0.3) is 22.2 Å². The lowest BCUT2D eigenvalue weighted by Crippen LogP contribution is -2.13. The minimum Gasteiger partial charge on any atom is -0.490 e. The van der Waals surface area contributed by atoms with Crippen molar-refractivity contribution in [2.45, 2.75) is 40.8 Å². The number of nitrogens with zero attached hydrogens (tertiary/aromatic N) is 3. The van der Waals surface area contributed by atoms with Gasteiger partial charge in [0.05, 0.1) is 36.2 Å². The van der Waals surface area contributed by atoms with Crippen molar-refractivity contribution < 1.29 is 19.0 Å². The molecular formula is C33H34N4O4. The predicted octanol–water partition coefficient (Wildman–Crippen LogP) is 7.06. The Balaban J connectivity index is 1.31. The van der Waals surface area contributed by atoms with E-state index in [0.29, 0.717) is 42.6 Å². The lowest BCUT2D eigenvalue weighted by Gasteiger charge is -2.13. The summed E-state index contributed by atoms with van der Waals surface area (Å²) in [4.78, 5) is 18.3. The van der Waals surface area contributed by atoms with Crippen LogP contribution in [-0.2, 0) is 13.2 Å². The number of para-hydroxylation sites is 1. The highest BCUT2D eigenvalue weighted by atomic mass is 16.5. The van der Waals surface area contributed by atoms with E-state index in [9.17, 15) is 4.79 Å². The van der Waals surface area contributed by atoms with Gasteiger partial charge in [0.2, 0.25) is 0 Å². The Hall–Kier alpha value is -4.85. The molecule has 8 heteroatoms. The second-order valence-corrected chi connectivity index (χ2v) is 9.45. The molecular weight excluding hydrogens is 516 g/mol. The Bertz CT molecular complexity index is 1660. The second-order valence-electron chi connectivity index (χ2n) is 9.45. The quantitative estimate of drug-likeness (QED) is 0.190. The van der Waals surface area contributed by atoms with Gasteiger partial charge in [-0.3, -0.25) is 9.48 Å². The zero-order valence-electron chi connectivity index (χ0n) is 23.8. The molecule has 210 valence electrons. The summed E-state index contributed by atoms with van der Waals surface area (Å²) >= 11 is 0. The van der Waals surface area contributed by atoms with Crippen LogP contribution in [0, 0.1) is 6.92 Å². The average molecular weight is 551 g/mol. The third-order valence-electron chi connectivity index (χ3n) is 6.76. The van der Waals surface area contributed by atoms with E-state index in [1.807, 2.05) is 105 Å². The molecule has 2 aromatic heterocycles. The van der Waals surface area contributed by atoms with Gasteiger partial charge in [-0.2, -0.15) is 5.10 Å². The van der Waals surface area contributed by atoms with Crippen LogP contribution in [0.5, 0.6) is 17.2 Å². The summed E-state index contributed by atoms with van der Waals surface area (Å²) in [5.74, 6) is 1.90. The van der Waals surface area contributed by atoms with E-state index in [-0.39, 0.29) is 5.91 Å². The molecule has 41 heavy (non-hydrogen) atoms. The summed E-state index contributed by atoms with van der Waals surface area (Å²) in [7, 11) is 0. The number of carbonyl (C=O) groups excluding carboxylic acids is 1. The number of carbonyl (C=O) groups is 1. The van der Waals surface area contributed by atoms with E-state index in [4.69, 9.17) is 19.2 Å². The lowest BCUT2D eigenvalue weighted by molar-refractivity contribution is 0.102. The van der Waals surface area contributed by atoms with Crippen molar-refractivity contribution in [3.8, 4) is 28.5 Å². The molecule has 0 spiro atoms. The summed E-state index contributed by atoms with van der Waals surface area (Å²) in [6.07, 6.45) is 1.81. The van der Waals surface area contributed by atoms with Gasteiger partial charge in [-0.05, 0) is 81.8 Å². The number of anilines is 1. The molecule has 5 aromatic rings. The number of aromatic nitrogens is 3. The highest BCUT2D eigenvalue weighted by molar-refractivity contribution is 6.13. The fourth-order valence-electron chi connectivity index (χ4n) is 4.70. The number of aryl methyl sites for hydroxylation is 1. The van der Waals surface area contributed by atoms with Gasteiger partial charge in [-0.15, -0.1) is 0 Å². The predicted molar refractivity (Wildman–Crippen MR) is 161 cm³/mol. The molecule has 0 aliphatic heterocycles. The Morgan fingerprint density at radius 3 is 2.37 bits per heavy atom. The minimum absolute atomic E-state index is 0.211. The average Bonchev–Trinajstić information content (AvgIpc) is 3.37. The molecule has 0 aliphatic carbocycles. The van der Waals surface area contributed by atoms with Crippen molar-refractivity contribution in [3.05, 3.63) is 95.8 Å². The van der Waals surface area contributed by atoms with Crippen LogP contribution in [0.2, 0.25) is 0 Å². The van der Waals surface area contributed by atoms with Crippen LogP contribution in [0.4, 0.5) is 5.69 Å². The smallest absolute Gasteiger partial charge is 0.256 e. The Labute approximate surface area is 239 Å². The Morgan fingerprint density at radius 2 is 1.63 bits per heavy atom. The van der Waals surface area contributed by atoms with E-state index >= 15 is 0 Å². The summed E-state index contributed by atoms with van der Waals surface area (Å²) in [6.45, 7) is 10.2. The molecule has 0 unspecified atom stereocenters. The number of hydrogen-bond acceptors (Lipinski definition) is 6. The number of ether oxygens (including phenoxy) is 3. The first-order chi connectivity index (χ1) is 20.0. The molecule has 0 saturated heterocycles. The molecule has 1 N–H and O–H groups in total. The van der Waals surface area contributed by atoms with Crippen molar-refractivity contribution in [2.24, 2.45) is 0 Å². The second kappa shape index (κ2) is 12.6. The van der Waals surface area contributed by atoms with Gasteiger partial charge in [-0.1, -0.05) is 24.3 Å². The Kier molecular flexibility index (Phi) is 8.48. The van der Waals surface area contributed by atoms with E-state index in [0.717, 1.165) is 45.7 Å². The standard InChI is InChI=1S/C33H34N4O4/c1-5-37-22(4)28(20-34-37)30-19-27(26-10-8-9-11-29(26)36-30)33(38)35-24-13-15-25(16-14-24)41-21-23-12-17-31(39-6-2)32(18-23)40-7-3/h8-20H,5-7,21H2,1-4H3,(H,35,38). The lowest BCUT2D eigenvalue weighted by atomic mass is 10.0. The van der Waals surface area contributed by atoms with Gasteiger partial charge < -0.3 is 19.5 Å². The summed E-state index contributed by atoms with van der Waals surface area (Å²) < 4.78 is 19.3.